The van der Waals surface area contributed by atoms with E-state index in [1.165, 1.54) is 24.3 Å². The third-order valence-corrected chi connectivity index (χ3v) is 5.13. The van der Waals surface area contributed by atoms with Crippen molar-refractivity contribution < 1.29 is 17.2 Å². The van der Waals surface area contributed by atoms with Gasteiger partial charge in [0.1, 0.15) is 4.90 Å². The Balaban J connectivity index is 1.85. The zero-order valence-corrected chi connectivity index (χ0v) is 14.0. The van der Waals surface area contributed by atoms with Gasteiger partial charge in [0.15, 0.2) is 17.5 Å². The molecular weight excluding hydrogens is 376 g/mol. The molecule has 1 N–H and O–H groups in total. The molecule has 0 amide bonds. The van der Waals surface area contributed by atoms with Crippen molar-refractivity contribution in [1.29, 1.82) is 0 Å². The van der Waals surface area contributed by atoms with Gasteiger partial charge in [-0.1, -0.05) is 23.7 Å². The summed E-state index contributed by atoms with van der Waals surface area (Å²) in [7, 11) is -3.91. The number of sulfonamides is 1. The van der Waals surface area contributed by atoms with Crippen molar-refractivity contribution in [2.75, 3.05) is 0 Å². The smallest absolute Gasteiger partial charge is 0.207 e. The highest BCUT2D eigenvalue weighted by Gasteiger charge is 2.19. The van der Waals surface area contributed by atoms with E-state index in [0.717, 1.165) is 16.8 Å². The molecule has 0 spiro atoms. The van der Waals surface area contributed by atoms with Crippen LogP contribution in [-0.4, -0.2) is 28.6 Å². The Kier molecular flexibility index (Phi) is 4.75. The maximum Gasteiger partial charge on any atom is 0.242 e. The number of nitrogens with one attached hydrogen (secondary N) is 1. The molecule has 0 aliphatic heterocycles. The quantitative estimate of drug-likeness (QED) is 0.726. The van der Waals surface area contributed by atoms with E-state index < -0.39 is 21.7 Å². The van der Waals surface area contributed by atoms with Crippen LogP contribution in [0.5, 0.6) is 0 Å². The molecule has 7 nitrogen and oxygen atoms in total. The average molecular weight is 386 g/mol. The van der Waals surface area contributed by atoms with Crippen LogP contribution in [0.2, 0.25) is 5.02 Å². The molecule has 0 unspecified atom stereocenters. The number of rotatable bonds is 5. The van der Waals surface area contributed by atoms with E-state index in [9.17, 15) is 17.2 Å². The zero-order valence-electron chi connectivity index (χ0n) is 12.4. The predicted octanol–water partition coefficient (Wildman–Crippen LogP) is 2.07. The lowest BCUT2D eigenvalue weighted by Crippen LogP contribution is -2.25. The van der Waals surface area contributed by atoms with Gasteiger partial charge < -0.3 is 0 Å². The second kappa shape index (κ2) is 6.82. The number of halogens is 3. The maximum absolute atomic E-state index is 13.4. The van der Waals surface area contributed by atoms with Crippen molar-refractivity contribution in [3.8, 4) is 5.69 Å². The first-order valence-electron chi connectivity index (χ1n) is 6.85. The molecule has 25 heavy (non-hydrogen) atoms. The molecule has 0 saturated carbocycles. The largest absolute Gasteiger partial charge is 0.242 e. The van der Waals surface area contributed by atoms with Crippen LogP contribution >= 0.6 is 11.6 Å². The van der Waals surface area contributed by atoms with E-state index in [4.69, 9.17) is 11.6 Å². The van der Waals surface area contributed by atoms with E-state index in [2.05, 4.69) is 20.2 Å². The van der Waals surface area contributed by atoms with Crippen LogP contribution in [0.1, 0.15) is 5.82 Å². The lowest BCUT2D eigenvalue weighted by Gasteiger charge is -2.08. The zero-order chi connectivity index (χ0) is 18.0. The first kappa shape index (κ1) is 17.4. The molecule has 11 heteroatoms. The highest BCUT2D eigenvalue weighted by molar-refractivity contribution is 7.89. The van der Waals surface area contributed by atoms with Crippen LogP contribution in [0.15, 0.2) is 47.4 Å². The summed E-state index contributed by atoms with van der Waals surface area (Å²) in [5.74, 6) is -2.00. The van der Waals surface area contributed by atoms with Crippen LogP contribution in [-0.2, 0) is 16.6 Å². The molecule has 3 aromatic rings. The van der Waals surface area contributed by atoms with Crippen LogP contribution < -0.4 is 4.72 Å². The van der Waals surface area contributed by atoms with Gasteiger partial charge in [-0.15, -0.1) is 5.10 Å². The summed E-state index contributed by atoms with van der Waals surface area (Å²) in [6.07, 6.45) is 0. The Hall–Kier alpha value is -2.43. The first-order valence-corrected chi connectivity index (χ1v) is 8.71. The van der Waals surface area contributed by atoms with E-state index in [1.54, 1.807) is 6.07 Å². The molecule has 0 aliphatic rings. The minimum absolute atomic E-state index is 0.0650. The minimum atomic E-state index is -3.91. The Morgan fingerprint density at radius 1 is 1.12 bits per heavy atom. The number of tetrazole rings is 1. The molecule has 0 fully saturated rings. The van der Waals surface area contributed by atoms with Gasteiger partial charge in [-0.2, -0.15) is 4.68 Å². The lowest BCUT2D eigenvalue weighted by molar-refractivity contribution is 0.507. The van der Waals surface area contributed by atoms with Crippen molar-refractivity contribution in [2.24, 2.45) is 0 Å². The number of nitrogens with zero attached hydrogens (tertiary/aromatic N) is 4. The molecule has 0 saturated heterocycles. The van der Waals surface area contributed by atoms with E-state index in [0.29, 0.717) is 0 Å². The fourth-order valence-electron chi connectivity index (χ4n) is 2.03. The highest BCUT2D eigenvalue weighted by Crippen LogP contribution is 2.20. The van der Waals surface area contributed by atoms with Crippen molar-refractivity contribution in [3.05, 3.63) is 64.9 Å². The molecule has 1 aromatic heterocycles. The molecule has 0 aliphatic carbocycles. The van der Waals surface area contributed by atoms with Crippen molar-refractivity contribution in [3.63, 3.8) is 0 Å². The van der Waals surface area contributed by atoms with Gasteiger partial charge in [-0.05, 0) is 34.7 Å². The van der Waals surface area contributed by atoms with Crippen LogP contribution in [0.4, 0.5) is 8.78 Å². The SMILES string of the molecule is O=S(=O)(NCc1nnnn1-c1ccc(F)c(F)c1)c1ccccc1Cl. The minimum Gasteiger partial charge on any atom is -0.207 e. The Bertz CT molecular complexity index is 1030. The molecule has 0 atom stereocenters. The van der Waals surface area contributed by atoms with E-state index >= 15 is 0 Å². The highest BCUT2D eigenvalue weighted by atomic mass is 35.5. The normalized spacial score (nSPS) is 11.6. The summed E-state index contributed by atoms with van der Waals surface area (Å²) in [6, 6.07) is 9.02. The van der Waals surface area contributed by atoms with Gasteiger partial charge >= 0.3 is 0 Å². The summed E-state index contributed by atoms with van der Waals surface area (Å²) < 4.78 is 54.4. The molecule has 130 valence electrons. The molecule has 1 heterocycles. The molecule has 2 aromatic carbocycles. The third kappa shape index (κ3) is 3.65. The fraction of sp³-hybridized carbons (Fsp3) is 0.0714. The second-order valence-corrected chi connectivity index (χ2v) is 7.00. The van der Waals surface area contributed by atoms with Gasteiger partial charge in [0, 0.05) is 6.07 Å². The molecule has 0 radical (unpaired) electrons. The monoisotopic (exact) mass is 385 g/mol. The first-order chi connectivity index (χ1) is 11.9. The topological polar surface area (TPSA) is 89.8 Å². The Morgan fingerprint density at radius 3 is 2.60 bits per heavy atom. The Labute approximate surface area is 146 Å². The fourth-order valence-corrected chi connectivity index (χ4v) is 3.53. The van der Waals surface area contributed by atoms with Crippen LogP contribution in [0.3, 0.4) is 0 Å². The number of hydrogen-bond acceptors (Lipinski definition) is 5. The van der Waals surface area contributed by atoms with Crippen molar-refractivity contribution >= 4 is 21.6 Å². The molecular formula is C14H10ClF2N5O2S. The van der Waals surface area contributed by atoms with E-state index in [-0.39, 0.29) is 28.0 Å². The molecule has 0 bridgehead atoms. The summed E-state index contributed by atoms with van der Waals surface area (Å²) in [5, 5.41) is 10.8. The van der Waals surface area contributed by atoms with Crippen molar-refractivity contribution in [1.82, 2.24) is 24.9 Å². The van der Waals surface area contributed by atoms with Crippen LogP contribution in [0.25, 0.3) is 5.69 Å². The number of aromatic nitrogens is 4. The maximum atomic E-state index is 13.4. The predicted molar refractivity (Wildman–Crippen MR) is 84.5 cm³/mol. The van der Waals surface area contributed by atoms with Crippen molar-refractivity contribution in [2.45, 2.75) is 11.4 Å². The summed E-state index contributed by atoms with van der Waals surface area (Å²) in [4.78, 5) is -0.0940. The third-order valence-electron chi connectivity index (χ3n) is 3.23. The van der Waals surface area contributed by atoms with Gasteiger partial charge in [0.2, 0.25) is 10.0 Å². The number of hydrogen-bond donors (Lipinski definition) is 1. The Morgan fingerprint density at radius 2 is 1.88 bits per heavy atom. The summed E-state index contributed by atoms with van der Waals surface area (Å²) >= 11 is 5.89. The molecule has 3 rings (SSSR count). The average Bonchev–Trinajstić information content (AvgIpc) is 3.04. The summed E-state index contributed by atoms with van der Waals surface area (Å²) in [6.45, 7) is -0.278. The summed E-state index contributed by atoms with van der Waals surface area (Å²) in [5.41, 5.74) is 0.149. The number of benzene rings is 2. The van der Waals surface area contributed by atoms with E-state index in [1.807, 2.05) is 0 Å². The standard InChI is InChI=1S/C14H10ClF2N5O2S/c15-10-3-1-2-4-13(10)25(23,24)18-8-14-19-20-21-22(14)9-5-6-11(16)12(17)7-9/h1-7,18H,8H2. The second-order valence-electron chi connectivity index (χ2n) is 4.86. The van der Waals surface area contributed by atoms with Gasteiger partial charge in [0.05, 0.1) is 17.3 Å². The van der Waals surface area contributed by atoms with Gasteiger partial charge in [-0.25, -0.2) is 21.9 Å². The van der Waals surface area contributed by atoms with Crippen LogP contribution in [0, 0.1) is 11.6 Å². The van der Waals surface area contributed by atoms with Gasteiger partial charge in [0.25, 0.3) is 0 Å². The van der Waals surface area contributed by atoms with Gasteiger partial charge in [-0.3, -0.25) is 0 Å². The lowest BCUT2D eigenvalue weighted by atomic mass is 10.3.